The monoisotopic (exact) mass is 546 g/mol. The van der Waals surface area contributed by atoms with Crippen molar-refractivity contribution in [3.63, 3.8) is 0 Å². The lowest BCUT2D eigenvalue weighted by molar-refractivity contribution is -0.137. The molecule has 2 aromatic heterocycles. The van der Waals surface area contributed by atoms with E-state index in [0.29, 0.717) is 29.9 Å². The normalized spacial score (nSPS) is 11.7. The van der Waals surface area contributed by atoms with Gasteiger partial charge >= 0.3 is 18.0 Å². The second kappa shape index (κ2) is 10.5. The summed E-state index contributed by atoms with van der Waals surface area (Å²) in [7, 11) is 3.84. The van der Waals surface area contributed by atoms with Gasteiger partial charge in [0.1, 0.15) is 11.5 Å². The maximum Gasteiger partial charge on any atom is 0.303 e. The molecule has 0 atom stereocenters. The fraction of sp³-hybridized carbons (Fsp3) is 0.182. The molecule has 0 unspecified atom stereocenters. The molecule has 0 aliphatic carbocycles. The van der Waals surface area contributed by atoms with Crippen molar-refractivity contribution >= 4 is 28.0 Å². The van der Waals surface area contributed by atoms with Crippen molar-refractivity contribution in [2.24, 2.45) is 14.1 Å². The van der Waals surface area contributed by atoms with Crippen LogP contribution in [0.15, 0.2) is 97.1 Å². The van der Waals surface area contributed by atoms with Gasteiger partial charge in [0.25, 0.3) is 0 Å². The molecule has 1 N–H and O–H groups in total. The number of carbonyl (C=O) groups is 1. The average Bonchev–Trinajstić information content (AvgIpc) is 3.48. The molecule has 6 rings (SSSR count). The van der Waals surface area contributed by atoms with Crippen LogP contribution in [0, 0.1) is 0 Å². The molecule has 8 heteroatoms. The van der Waals surface area contributed by atoms with Crippen LogP contribution in [-0.4, -0.2) is 30.2 Å². The molecule has 0 bridgehead atoms. The van der Waals surface area contributed by atoms with Gasteiger partial charge in [-0.3, -0.25) is 13.9 Å². The molecular weight excluding hydrogens is 516 g/mol. The zero-order chi connectivity index (χ0) is 28.6. The van der Waals surface area contributed by atoms with E-state index in [1.165, 1.54) is 0 Å². The minimum absolute atomic E-state index is 0.0344. The third-order valence-corrected chi connectivity index (χ3v) is 7.73. The molecule has 8 nitrogen and oxygen atoms in total. The molecule has 0 saturated heterocycles. The fourth-order valence-corrected chi connectivity index (χ4v) is 5.23. The topological polar surface area (TPSA) is 91.4 Å². The Labute approximate surface area is 237 Å². The summed E-state index contributed by atoms with van der Waals surface area (Å²) >= 11 is 0. The van der Waals surface area contributed by atoms with Crippen LogP contribution >= 0.6 is 0 Å². The predicted molar refractivity (Wildman–Crippen MR) is 158 cm³/mol. The maximum absolute atomic E-state index is 11.6. The van der Waals surface area contributed by atoms with Gasteiger partial charge in [-0.1, -0.05) is 55.5 Å². The van der Waals surface area contributed by atoms with Gasteiger partial charge in [0, 0.05) is 25.9 Å². The number of rotatable bonds is 9. The molecule has 6 aromatic rings. The number of aromatic nitrogens is 4. The lowest BCUT2D eigenvalue weighted by atomic mass is 9.73. The van der Waals surface area contributed by atoms with E-state index < -0.39 is 11.4 Å². The number of benzene rings is 4. The zero-order valence-corrected chi connectivity index (χ0v) is 23.1. The van der Waals surface area contributed by atoms with Crippen molar-refractivity contribution in [3.05, 3.63) is 108 Å². The number of para-hydroxylation sites is 4. The number of hydrogen-bond donors (Lipinski definition) is 1. The molecule has 0 aliphatic heterocycles. The number of nitrogens with zero attached hydrogens (tertiary/aromatic N) is 4. The highest BCUT2D eigenvalue weighted by Crippen LogP contribution is 2.39. The third kappa shape index (κ3) is 5.00. The average molecular weight is 547 g/mol. The van der Waals surface area contributed by atoms with E-state index in [2.05, 4.69) is 16.9 Å². The molecule has 41 heavy (non-hydrogen) atoms. The SMILES string of the molecule is Cn1c(Oc2ccc(C(C)(CCC(=O)O)c3ccc(Oc4nc5ccccc5n4C)cc3)cc2)nc2ccccc21. The van der Waals surface area contributed by atoms with Gasteiger partial charge in [0.05, 0.1) is 22.1 Å². The van der Waals surface area contributed by atoms with Crippen molar-refractivity contribution in [3.8, 4) is 23.5 Å². The minimum Gasteiger partial charge on any atom is -0.481 e. The molecule has 0 aliphatic rings. The summed E-state index contributed by atoms with van der Waals surface area (Å²) in [5.74, 6) is 0.470. The van der Waals surface area contributed by atoms with Crippen LogP contribution in [0.1, 0.15) is 30.9 Å². The van der Waals surface area contributed by atoms with Crippen molar-refractivity contribution in [2.75, 3.05) is 0 Å². The molecule has 0 saturated carbocycles. The quantitative estimate of drug-likeness (QED) is 0.206. The first-order valence-corrected chi connectivity index (χ1v) is 13.4. The fourth-order valence-electron chi connectivity index (χ4n) is 5.23. The van der Waals surface area contributed by atoms with Gasteiger partial charge < -0.3 is 14.6 Å². The number of ether oxygens (including phenoxy) is 2. The number of hydrogen-bond acceptors (Lipinski definition) is 5. The van der Waals surface area contributed by atoms with Crippen LogP contribution in [0.2, 0.25) is 0 Å². The number of carboxylic acids is 1. The van der Waals surface area contributed by atoms with E-state index in [9.17, 15) is 9.90 Å². The van der Waals surface area contributed by atoms with E-state index in [1.807, 2.05) is 120 Å². The molecular formula is C33H30N4O4. The van der Waals surface area contributed by atoms with E-state index >= 15 is 0 Å². The highest BCUT2D eigenvalue weighted by Gasteiger charge is 2.30. The number of aliphatic carboxylic acids is 1. The molecule has 4 aromatic carbocycles. The summed E-state index contributed by atoms with van der Waals surface area (Å²) in [4.78, 5) is 20.8. The zero-order valence-electron chi connectivity index (χ0n) is 23.1. The summed E-state index contributed by atoms with van der Waals surface area (Å²) in [5.41, 5.74) is 5.14. The van der Waals surface area contributed by atoms with Crippen molar-refractivity contribution in [1.29, 1.82) is 0 Å². The van der Waals surface area contributed by atoms with Crippen molar-refractivity contribution in [2.45, 2.75) is 25.2 Å². The van der Waals surface area contributed by atoms with E-state index in [0.717, 1.165) is 33.2 Å². The van der Waals surface area contributed by atoms with Crippen LogP contribution in [0.3, 0.4) is 0 Å². The lowest BCUT2D eigenvalue weighted by Crippen LogP contribution is -2.24. The van der Waals surface area contributed by atoms with Gasteiger partial charge in [-0.2, -0.15) is 9.97 Å². The second-order valence-corrected chi connectivity index (χ2v) is 10.4. The first kappa shape index (κ1) is 26.1. The van der Waals surface area contributed by atoms with E-state index in [1.54, 1.807) is 0 Å². The Kier molecular flexibility index (Phi) is 6.67. The highest BCUT2D eigenvalue weighted by atomic mass is 16.5. The molecule has 0 radical (unpaired) electrons. The Hall–Kier alpha value is -5.11. The van der Waals surface area contributed by atoms with Gasteiger partial charge in [0.2, 0.25) is 0 Å². The molecule has 206 valence electrons. The number of aryl methyl sites for hydroxylation is 2. The highest BCUT2D eigenvalue weighted by molar-refractivity contribution is 5.77. The standard InChI is InChI=1S/C33H30N4O4/c1-33(21-20-30(38)39,22-12-16-24(17-13-22)40-31-34-26-8-4-6-10-28(26)36(31)2)23-14-18-25(19-15-23)41-32-35-27-9-5-7-11-29(27)37(32)3/h4-19H,20-21H2,1-3H3,(H,38,39). The summed E-state index contributed by atoms with van der Waals surface area (Å²) in [6, 6.07) is 32.3. The largest absolute Gasteiger partial charge is 0.481 e. The van der Waals surface area contributed by atoms with Crippen LogP contribution in [-0.2, 0) is 24.3 Å². The smallest absolute Gasteiger partial charge is 0.303 e. The van der Waals surface area contributed by atoms with Gasteiger partial charge in [-0.15, -0.1) is 0 Å². The lowest BCUT2D eigenvalue weighted by Gasteiger charge is -2.31. The molecule has 2 heterocycles. The Morgan fingerprint density at radius 1 is 0.707 bits per heavy atom. The Balaban J connectivity index is 1.26. The number of carboxylic acid groups (broad SMARTS) is 1. The molecule has 0 spiro atoms. The van der Waals surface area contributed by atoms with Crippen LogP contribution in [0.4, 0.5) is 0 Å². The van der Waals surface area contributed by atoms with Crippen molar-refractivity contribution in [1.82, 2.24) is 19.1 Å². The molecule has 0 fully saturated rings. The second-order valence-electron chi connectivity index (χ2n) is 10.4. The van der Waals surface area contributed by atoms with Gasteiger partial charge in [0.15, 0.2) is 0 Å². The summed E-state index contributed by atoms with van der Waals surface area (Å²) in [6.07, 6.45) is 0.463. The van der Waals surface area contributed by atoms with Gasteiger partial charge in [-0.25, -0.2) is 0 Å². The van der Waals surface area contributed by atoms with Crippen molar-refractivity contribution < 1.29 is 19.4 Å². The van der Waals surface area contributed by atoms with Crippen LogP contribution in [0.25, 0.3) is 22.1 Å². The maximum atomic E-state index is 11.6. The third-order valence-electron chi connectivity index (χ3n) is 7.73. The number of imidazole rings is 2. The molecule has 0 amide bonds. The van der Waals surface area contributed by atoms with E-state index in [4.69, 9.17) is 9.47 Å². The van der Waals surface area contributed by atoms with E-state index in [-0.39, 0.29) is 6.42 Å². The summed E-state index contributed by atoms with van der Waals surface area (Å²) in [5, 5.41) is 9.50. The Bertz CT molecular complexity index is 1730. The first-order valence-electron chi connectivity index (χ1n) is 13.4. The minimum atomic E-state index is -0.833. The Morgan fingerprint density at radius 3 is 1.51 bits per heavy atom. The summed E-state index contributed by atoms with van der Waals surface area (Å²) in [6.45, 7) is 2.07. The predicted octanol–water partition coefficient (Wildman–Crippen LogP) is 7.22. The first-order chi connectivity index (χ1) is 19.8. The van der Waals surface area contributed by atoms with Crippen LogP contribution in [0.5, 0.6) is 23.5 Å². The number of fused-ring (bicyclic) bond motifs is 2. The summed E-state index contributed by atoms with van der Waals surface area (Å²) < 4.78 is 16.0. The van der Waals surface area contributed by atoms with Gasteiger partial charge in [-0.05, 0) is 66.1 Å². The Morgan fingerprint density at radius 2 is 1.12 bits per heavy atom. The van der Waals surface area contributed by atoms with Crippen LogP contribution < -0.4 is 9.47 Å².